The molecule has 0 aliphatic carbocycles. The number of carbonyl (C=O) groups is 1. The summed E-state index contributed by atoms with van der Waals surface area (Å²) in [6, 6.07) is 13.0. The number of nitrogens with two attached hydrogens (primary N) is 1. The van der Waals surface area contributed by atoms with Gasteiger partial charge in [-0.25, -0.2) is 8.42 Å². The normalized spacial score (nSPS) is 11.9. The molecule has 0 aliphatic heterocycles. The number of anilines is 1. The Hall–Kier alpha value is -2.47. The van der Waals surface area contributed by atoms with Gasteiger partial charge in [0.2, 0.25) is 15.7 Å². The van der Waals surface area contributed by atoms with Gasteiger partial charge in [0.05, 0.1) is 25.0 Å². The lowest BCUT2D eigenvalue weighted by molar-refractivity contribution is -0.115. The van der Waals surface area contributed by atoms with Gasteiger partial charge in [-0.2, -0.15) is 0 Å². The Morgan fingerprint density at radius 2 is 1.91 bits per heavy atom. The summed E-state index contributed by atoms with van der Waals surface area (Å²) in [6.45, 7) is 1.81. The molecule has 0 fully saturated rings. The summed E-state index contributed by atoms with van der Waals surface area (Å²) in [7, 11) is -8.12. The second-order valence-electron chi connectivity index (χ2n) is 7.63. The van der Waals surface area contributed by atoms with Crippen LogP contribution < -0.4 is 11.1 Å². The highest BCUT2D eigenvalue weighted by Crippen LogP contribution is 2.38. The second kappa shape index (κ2) is 10.7. The third-order valence-electron chi connectivity index (χ3n) is 5.00. The van der Waals surface area contributed by atoms with Crippen molar-refractivity contribution in [3.8, 4) is 11.1 Å². The summed E-state index contributed by atoms with van der Waals surface area (Å²) in [4.78, 5) is 30.4. The number of nitrogen functional groups attached to an aromatic ring is 1. The number of amides is 1. The highest BCUT2D eigenvalue weighted by atomic mass is 32.2. The van der Waals surface area contributed by atoms with E-state index in [1.807, 2.05) is 6.92 Å². The Morgan fingerprint density at radius 3 is 2.51 bits per heavy atom. The fourth-order valence-corrected chi connectivity index (χ4v) is 7.71. The Kier molecular flexibility index (Phi) is 8.25. The summed E-state index contributed by atoms with van der Waals surface area (Å²) >= 11 is 2.44. The first-order valence-corrected chi connectivity index (χ1v) is 15.5. The average molecular weight is 554 g/mol. The van der Waals surface area contributed by atoms with Crippen LogP contribution in [0, 0.1) is 12.3 Å². The van der Waals surface area contributed by atoms with E-state index in [0.29, 0.717) is 20.3 Å². The number of amidine groups is 1. The van der Waals surface area contributed by atoms with E-state index in [1.165, 1.54) is 23.9 Å². The minimum absolute atomic E-state index is 0.104. The molecule has 6 N–H and O–H groups in total. The molecule has 0 aliphatic rings. The van der Waals surface area contributed by atoms with E-state index in [1.54, 1.807) is 42.7 Å². The smallest absolute Gasteiger partial charge is 0.326 e. The predicted octanol–water partition coefficient (Wildman–Crippen LogP) is 4.07. The lowest BCUT2D eigenvalue weighted by Crippen LogP contribution is -2.13. The average Bonchev–Trinajstić information content (AvgIpc) is 3.23. The van der Waals surface area contributed by atoms with Gasteiger partial charge in [-0.15, -0.1) is 23.1 Å². The van der Waals surface area contributed by atoms with Gasteiger partial charge in [0, 0.05) is 12.1 Å². The molecule has 0 bridgehead atoms. The van der Waals surface area contributed by atoms with Gasteiger partial charge in [0.25, 0.3) is 0 Å². The zero-order valence-corrected chi connectivity index (χ0v) is 22.2. The number of sulfone groups is 1. The first-order chi connectivity index (χ1) is 16.3. The summed E-state index contributed by atoms with van der Waals surface area (Å²) in [5.41, 5.74) is 8.21. The fraction of sp³-hybridized carbons (Fsp3) is 0.182. The van der Waals surface area contributed by atoms with Gasteiger partial charge in [0.15, 0.2) is 0 Å². The van der Waals surface area contributed by atoms with Gasteiger partial charge >= 0.3 is 7.60 Å². The van der Waals surface area contributed by atoms with Gasteiger partial charge in [-0.1, -0.05) is 18.2 Å². The lowest BCUT2D eigenvalue weighted by atomic mass is 10.00. The standard InChI is InChI=1S/C22H24N3O6PS3/c1-13-10-15(25-20(26)8-9-32(27,28)29)6-7-17(13)14-4-3-5-16(11-14)35(30,31)19-12-18(21(23)24)34-22(19)33-2/h3-7,10-12H,8-9H2,1-2H3,(H3,23,24)(H,25,26)(H2,27,28,29). The van der Waals surface area contributed by atoms with Gasteiger partial charge in [-0.05, 0) is 60.2 Å². The Balaban J connectivity index is 1.90. The molecule has 0 spiro atoms. The first-order valence-electron chi connectivity index (χ1n) is 10.1. The second-order valence-corrected chi connectivity index (χ2v) is 13.4. The number of carbonyl (C=O) groups excluding carboxylic acids is 1. The summed E-state index contributed by atoms with van der Waals surface area (Å²) in [5.74, 6) is -0.705. The molecule has 0 unspecified atom stereocenters. The van der Waals surface area contributed by atoms with E-state index < -0.39 is 29.5 Å². The molecule has 0 atom stereocenters. The van der Waals surface area contributed by atoms with Crippen LogP contribution in [0.15, 0.2) is 62.5 Å². The van der Waals surface area contributed by atoms with Crippen molar-refractivity contribution in [1.29, 1.82) is 5.41 Å². The number of aryl methyl sites for hydroxylation is 1. The highest BCUT2D eigenvalue weighted by molar-refractivity contribution is 8.01. The summed E-state index contributed by atoms with van der Waals surface area (Å²) in [5, 5.41) is 10.2. The van der Waals surface area contributed by atoms with E-state index in [-0.39, 0.29) is 22.0 Å². The zero-order valence-electron chi connectivity index (χ0n) is 18.8. The van der Waals surface area contributed by atoms with Crippen molar-refractivity contribution < 1.29 is 27.6 Å². The molecule has 186 valence electrons. The van der Waals surface area contributed by atoms with Crippen molar-refractivity contribution in [2.75, 3.05) is 17.7 Å². The third-order valence-corrected chi connectivity index (χ3v) is 10.1. The highest BCUT2D eigenvalue weighted by Gasteiger charge is 2.25. The van der Waals surface area contributed by atoms with Crippen molar-refractivity contribution in [1.82, 2.24) is 0 Å². The molecule has 0 radical (unpaired) electrons. The molecule has 0 saturated carbocycles. The van der Waals surface area contributed by atoms with Crippen molar-refractivity contribution in [3.63, 3.8) is 0 Å². The number of benzene rings is 2. The molecular weight excluding hydrogens is 529 g/mol. The first kappa shape index (κ1) is 27.1. The van der Waals surface area contributed by atoms with E-state index in [0.717, 1.165) is 22.5 Å². The largest absolute Gasteiger partial charge is 0.383 e. The molecule has 13 heteroatoms. The van der Waals surface area contributed by atoms with E-state index in [9.17, 15) is 17.8 Å². The maximum atomic E-state index is 13.4. The molecule has 1 heterocycles. The zero-order chi connectivity index (χ0) is 26.0. The Bertz CT molecular complexity index is 1450. The van der Waals surface area contributed by atoms with Crippen LogP contribution in [0.4, 0.5) is 5.69 Å². The number of hydrogen-bond acceptors (Lipinski definition) is 7. The minimum Gasteiger partial charge on any atom is -0.383 e. The SMILES string of the molecule is CSc1sc(C(=N)N)cc1S(=O)(=O)c1cccc(-c2ccc(NC(=O)CCP(=O)(O)O)cc2C)c1. The molecule has 0 saturated heterocycles. The number of hydrogen-bond donors (Lipinski definition) is 5. The Morgan fingerprint density at radius 1 is 1.20 bits per heavy atom. The van der Waals surface area contributed by atoms with Crippen LogP contribution in [-0.2, 0) is 19.2 Å². The molecule has 9 nitrogen and oxygen atoms in total. The topological polar surface area (TPSA) is 171 Å². The van der Waals surface area contributed by atoms with E-state index >= 15 is 0 Å². The van der Waals surface area contributed by atoms with Gasteiger partial charge < -0.3 is 20.8 Å². The molecule has 3 rings (SSSR count). The third kappa shape index (κ3) is 6.60. The maximum Gasteiger partial charge on any atom is 0.326 e. The van der Waals surface area contributed by atoms with Crippen LogP contribution in [0.3, 0.4) is 0 Å². The van der Waals surface area contributed by atoms with Crippen molar-refractivity contribution in [3.05, 3.63) is 59.0 Å². The molecular formula is C22H24N3O6PS3. The summed E-state index contributed by atoms with van der Waals surface area (Å²) in [6.07, 6.45) is 0.922. The van der Waals surface area contributed by atoms with Gasteiger partial charge in [0.1, 0.15) is 5.84 Å². The maximum absolute atomic E-state index is 13.4. The predicted molar refractivity (Wildman–Crippen MR) is 139 cm³/mol. The fourth-order valence-electron chi connectivity index (χ4n) is 3.31. The van der Waals surface area contributed by atoms with Crippen LogP contribution in [0.5, 0.6) is 0 Å². The minimum atomic E-state index is -4.26. The quantitative estimate of drug-likeness (QED) is 0.114. The molecule has 1 amide bonds. The van der Waals surface area contributed by atoms with E-state index in [4.69, 9.17) is 20.9 Å². The number of thiophene rings is 1. The molecule has 35 heavy (non-hydrogen) atoms. The van der Waals surface area contributed by atoms with Crippen LogP contribution in [0.1, 0.15) is 16.9 Å². The van der Waals surface area contributed by atoms with Crippen LogP contribution in [0.2, 0.25) is 0 Å². The van der Waals surface area contributed by atoms with E-state index in [2.05, 4.69) is 5.32 Å². The molecule has 3 aromatic rings. The van der Waals surface area contributed by atoms with Crippen molar-refractivity contribution in [2.24, 2.45) is 5.73 Å². The number of thioether (sulfide) groups is 1. The molecule has 1 aromatic heterocycles. The monoisotopic (exact) mass is 553 g/mol. The molecule has 2 aromatic carbocycles. The van der Waals surface area contributed by atoms with Crippen molar-refractivity contribution >= 4 is 58.0 Å². The number of nitrogens with one attached hydrogen (secondary N) is 2. The number of rotatable bonds is 9. The van der Waals surface area contributed by atoms with Crippen LogP contribution >= 0.6 is 30.7 Å². The lowest BCUT2D eigenvalue weighted by Gasteiger charge is -2.12. The van der Waals surface area contributed by atoms with Crippen LogP contribution in [0.25, 0.3) is 11.1 Å². The van der Waals surface area contributed by atoms with Crippen molar-refractivity contribution in [2.45, 2.75) is 27.3 Å². The van der Waals surface area contributed by atoms with Crippen LogP contribution in [-0.4, -0.2) is 42.4 Å². The Labute approximate surface area is 211 Å². The van der Waals surface area contributed by atoms with Gasteiger partial charge in [-0.3, -0.25) is 14.8 Å². The summed E-state index contributed by atoms with van der Waals surface area (Å²) < 4.78 is 38.3.